The van der Waals surface area contributed by atoms with Crippen LogP contribution < -0.4 is 10.1 Å². The fourth-order valence-corrected chi connectivity index (χ4v) is 3.37. The summed E-state index contributed by atoms with van der Waals surface area (Å²) in [7, 11) is 0. The van der Waals surface area contributed by atoms with Crippen molar-refractivity contribution >= 4 is 45.6 Å². The van der Waals surface area contributed by atoms with Gasteiger partial charge in [0.2, 0.25) is 5.13 Å². The average Bonchev–Trinajstić information content (AvgIpc) is 2.97. The van der Waals surface area contributed by atoms with Crippen LogP contribution in [0.2, 0.25) is 10.0 Å². The minimum Gasteiger partial charge on any atom is -0.490 e. The fourth-order valence-electron chi connectivity index (χ4n) is 1.94. The lowest BCUT2D eigenvalue weighted by Crippen LogP contribution is -2.12. The summed E-state index contributed by atoms with van der Waals surface area (Å²) in [6, 6.07) is 3.08. The number of rotatable bonds is 8. The van der Waals surface area contributed by atoms with Crippen LogP contribution in [0.3, 0.4) is 0 Å². The molecule has 1 aromatic carbocycles. The molecule has 8 heteroatoms. The second-order valence-corrected chi connectivity index (χ2v) is 7.05. The van der Waals surface area contributed by atoms with Crippen LogP contribution >= 0.6 is 34.5 Å². The molecule has 1 N–H and O–H groups in total. The summed E-state index contributed by atoms with van der Waals surface area (Å²) in [4.78, 5) is 12.3. The number of hydrogen-bond donors (Lipinski definition) is 1. The van der Waals surface area contributed by atoms with Crippen molar-refractivity contribution in [2.24, 2.45) is 0 Å². The van der Waals surface area contributed by atoms with E-state index in [2.05, 4.69) is 29.4 Å². The van der Waals surface area contributed by atoms with Gasteiger partial charge in [0.1, 0.15) is 5.01 Å². The van der Waals surface area contributed by atoms with Crippen molar-refractivity contribution < 1.29 is 9.53 Å². The molecule has 0 saturated heterocycles. The Balaban J connectivity index is 2.08. The smallest absolute Gasteiger partial charge is 0.257 e. The second kappa shape index (κ2) is 9.20. The van der Waals surface area contributed by atoms with E-state index in [1.54, 1.807) is 0 Å². The second-order valence-electron chi connectivity index (χ2n) is 5.18. The van der Waals surface area contributed by atoms with Crippen LogP contribution in [-0.4, -0.2) is 22.7 Å². The largest absolute Gasteiger partial charge is 0.490 e. The fraction of sp³-hybridized carbons (Fsp3) is 0.438. The summed E-state index contributed by atoms with van der Waals surface area (Å²) >= 11 is 13.7. The van der Waals surface area contributed by atoms with Gasteiger partial charge in [0.05, 0.1) is 16.7 Å². The van der Waals surface area contributed by atoms with E-state index >= 15 is 0 Å². The molecular weight excluding hydrogens is 369 g/mol. The third-order valence-electron chi connectivity index (χ3n) is 3.16. The summed E-state index contributed by atoms with van der Waals surface area (Å²) in [5.41, 5.74) is 0.347. The van der Waals surface area contributed by atoms with Crippen molar-refractivity contribution in [3.05, 3.63) is 32.7 Å². The predicted octanol–water partition coefficient (Wildman–Crippen LogP) is 5.23. The topological polar surface area (TPSA) is 64.1 Å². The molecule has 0 aliphatic carbocycles. The normalized spacial score (nSPS) is 10.7. The number of unbranched alkanes of at least 4 members (excludes halogenated alkanes) is 1. The molecule has 130 valence electrons. The number of hydrogen-bond acceptors (Lipinski definition) is 5. The summed E-state index contributed by atoms with van der Waals surface area (Å²) < 4.78 is 5.58. The quantitative estimate of drug-likeness (QED) is 0.629. The van der Waals surface area contributed by atoms with Crippen LogP contribution in [0.5, 0.6) is 5.75 Å². The first-order valence-electron chi connectivity index (χ1n) is 7.80. The van der Waals surface area contributed by atoms with Crippen molar-refractivity contribution in [2.75, 3.05) is 11.9 Å². The van der Waals surface area contributed by atoms with Crippen molar-refractivity contribution in [3.8, 4) is 5.75 Å². The molecule has 24 heavy (non-hydrogen) atoms. The number of benzene rings is 1. The van der Waals surface area contributed by atoms with Crippen LogP contribution in [-0.2, 0) is 6.42 Å². The van der Waals surface area contributed by atoms with Crippen molar-refractivity contribution in [3.63, 3.8) is 0 Å². The number of anilines is 1. The molecule has 2 rings (SSSR count). The number of ether oxygens (including phenoxy) is 1. The molecule has 1 amide bonds. The molecule has 0 unspecified atom stereocenters. The lowest BCUT2D eigenvalue weighted by atomic mass is 10.2. The Morgan fingerprint density at radius 3 is 2.54 bits per heavy atom. The van der Waals surface area contributed by atoms with Gasteiger partial charge in [-0.15, -0.1) is 10.2 Å². The molecular formula is C16H19Cl2N3O2S. The van der Waals surface area contributed by atoms with Gasteiger partial charge in [0.25, 0.3) is 5.91 Å². The van der Waals surface area contributed by atoms with Gasteiger partial charge in [0, 0.05) is 12.0 Å². The summed E-state index contributed by atoms with van der Waals surface area (Å²) in [6.45, 7) is 4.67. The molecule has 1 heterocycles. The van der Waals surface area contributed by atoms with Gasteiger partial charge in [-0.1, -0.05) is 54.8 Å². The number of nitrogens with zero attached hydrogens (tertiary/aromatic N) is 2. The predicted molar refractivity (Wildman–Crippen MR) is 98.7 cm³/mol. The van der Waals surface area contributed by atoms with Gasteiger partial charge in [-0.25, -0.2) is 0 Å². The Kier molecular flexibility index (Phi) is 7.27. The summed E-state index contributed by atoms with van der Waals surface area (Å²) in [5.74, 6) is 0.0718. The Hall–Kier alpha value is -1.37. The Labute approximate surface area is 155 Å². The highest BCUT2D eigenvalue weighted by molar-refractivity contribution is 7.15. The Morgan fingerprint density at radius 2 is 1.92 bits per heavy atom. The Morgan fingerprint density at radius 1 is 1.21 bits per heavy atom. The average molecular weight is 388 g/mol. The first kappa shape index (κ1) is 19.0. The zero-order chi connectivity index (χ0) is 17.5. The maximum absolute atomic E-state index is 12.3. The summed E-state index contributed by atoms with van der Waals surface area (Å²) in [6.07, 6.45) is 3.74. The SMILES string of the molecule is CCCCOc1c(Cl)cc(C(=O)Nc2nnc(CCC)s2)cc1Cl. The molecule has 0 atom stereocenters. The first-order chi connectivity index (χ1) is 11.5. The van der Waals surface area contributed by atoms with E-state index in [9.17, 15) is 4.79 Å². The number of carbonyl (C=O) groups is 1. The van der Waals surface area contributed by atoms with Crippen molar-refractivity contribution in [1.82, 2.24) is 10.2 Å². The van der Waals surface area contributed by atoms with Crippen LogP contribution in [0.25, 0.3) is 0 Å². The monoisotopic (exact) mass is 387 g/mol. The molecule has 0 aliphatic rings. The zero-order valence-electron chi connectivity index (χ0n) is 13.6. The van der Waals surface area contributed by atoms with Gasteiger partial charge in [-0.3, -0.25) is 10.1 Å². The molecule has 0 spiro atoms. The number of nitrogens with one attached hydrogen (secondary N) is 1. The van der Waals surface area contributed by atoms with Gasteiger partial charge in [0.15, 0.2) is 5.75 Å². The lowest BCUT2D eigenvalue weighted by molar-refractivity contribution is 0.102. The van der Waals surface area contributed by atoms with Gasteiger partial charge < -0.3 is 4.74 Å². The highest BCUT2D eigenvalue weighted by Gasteiger charge is 2.16. The van der Waals surface area contributed by atoms with Crippen LogP contribution in [0.15, 0.2) is 12.1 Å². The molecule has 0 fully saturated rings. The highest BCUT2D eigenvalue weighted by atomic mass is 35.5. The van der Waals surface area contributed by atoms with Crippen LogP contribution in [0, 0.1) is 0 Å². The van der Waals surface area contributed by atoms with E-state index in [1.807, 2.05) is 0 Å². The Bertz CT molecular complexity index is 683. The van der Waals surface area contributed by atoms with E-state index in [-0.39, 0.29) is 5.91 Å². The minimum atomic E-state index is -0.335. The molecule has 0 saturated carbocycles. The van der Waals surface area contributed by atoms with Crippen molar-refractivity contribution in [1.29, 1.82) is 0 Å². The lowest BCUT2D eigenvalue weighted by Gasteiger charge is -2.11. The number of halogens is 2. The van der Waals surface area contributed by atoms with E-state index < -0.39 is 0 Å². The minimum absolute atomic E-state index is 0.313. The highest BCUT2D eigenvalue weighted by Crippen LogP contribution is 2.34. The van der Waals surface area contributed by atoms with Crippen LogP contribution in [0.1, 0.15) is 48.5 Å². The van der Waals surface area contributed by atoms with E-state index in [0.717, 1.165) is 30.7 Å². The molecule has 0 radical (unpaired) electrons. The molecule has 5 nitrogen and oxygen atoms in total. The number of carbonyl (C=O) groups excluding carboxylic acids is 1. The zero-order valence-corrected chi connectivity index (χ0v) is 15.9. The van der Waals surface area contributed by atoms with Gasteiger partial charge >= 0.3 is 0 Å². The summed E-state index contributed by atoms with van der Waals surface area (Å²) in [5, 5.41) is 12.7. The molecule has 2 aromatic rings. The van der Waals surface area contributed by atoms with E-state index in [1.165, 1.54) is 23.5 Å². The maximum atomic E-state index is 12.3. The molecule has 1 aromatic heterocycles. The van der Waals surface area contributed by atoms with Crippen LogP contribution in [0.4, 0.5) is 5.13 Å². The number of aryl methyl sites for hydroxylation is 1. The number of amides is 1. The van der Waals surface area contributed by atoms with Crippen molar-refractivity contribution in [2.45, 2.75) is 39.5 Å². The third kappa shape index (κ3) is 5.06. The molecule has 0 bridgehead atoms. The molecule has 0 aliphatic heterocycles. The maximum Gasteiger partial charge on any atom is 0.257 e. The van der Waals surface area contributed by atoms with E-state index in [4.69, 9.17) is 27.9 Å². The third-order valence-corrected chi connectivity index (χ3v) is 4.62. The first-order valence-corrected chi connectivity index (χ1v) is 9.38. The standard InChI is InChI=1S/C16H19Cl2N3O2S/c1-3-5-7-23-14-11(17)8-10(9-12(14)18)15(22)19-16-21-20-13(24-16)6-4-2/h8-9H,3-7H2,1-2H3,(H,19,21,22). The van der Waals surface area contributed by atoms with E-state index in [0.29, 0.717) is 33.1 Å². The van der Waals surface area contributed by atoms with Gasteiger partial charge in [-0.2, -0.15) is 0 Å². The number of aromatic nitrogens is 2. The van der Waals surface area contributed by atoms with Gasteiger partial charge in [-0.05, 0) is 25.0 Å².